The molecule has 26 heavy (non-hydrogen) atoms. The van der Waals surface area contributed by atoms with E-state index in [1.807, 2.05) is 6.92 Å². The lowest BCUT2D eigenvalue weighted by atomic mass is 10.2. The lowest BCUT2D eigenvalue weighted by Gasteiger charge is -2.26. The van der Waals surface area contributed by atoms with Crippen molar-refractivity contribution < 1.29 is 14.2 Å². The first-order valence-electron chi connectivity index (χ1n) is 8.16. The van der Waals surface area contributed by atoms with E-state index < -0.39 is 6.10 Å². The van der Waals surface area contributed by atoms with Crippen LogP contribution in [0, 0.1) is 0 Å². The zero-order chi connectivity index (χ0) is 18.7. The summed E-state index contributed by atoms with van der Waals surface area (Å²) < 4.78 is 17.2. The molecule has 2 heterocycles. The van der Waals surface area contributed by atoms with E-state index in [4.69, 9.17) is 54.7 Å². The van der Waals surface area contributed by atoms with Crippen LogP contribution in [0.5, 0.6) is 11.6 Å². The molecule has 1 aromatic heterocycles. The second-order valence-electron chi connectivity index (χ2n) is 5.87. The second kappa shape index (κ2) is 8.59. The van der Waals surface area contributed by atoms with Gasteiger partial charge in [0, 0.05) is 12.3 Å². The lowest BCUT2D eigenvalue weighted by molar-refractivity contribution is -0.186. The summed E-state index contributed by atoms with van der Waals surface area (Å²) >= 11 is 18.5. The number of hydrogen-bond donors (Lipinski definition) is 1. The van der Waals surface area contributed by atoms with E-state index in [2.05, 4.69) is 9.97 Å². The minimum absolute atomic E-state index is 0.193. The van der Waals surface area contributed by atoms with Crippen molar-refractivity contribution in [2.45, 2.75) is 38.6 Å². The van der Waals surface area contributed by atoms with Crippen molar-refractivity contribution in [3.63, 3.8) is 0 Å². The third-order valence-electron chi connectivity index (χ3n) is 3.84. The molecule has 2 atom stereocenters. The molecule has 2 unspecified atom stereocenters. The number of nitrogen functional groups attached to an aromatic ring is 1. The van der Waals surface area contributed by atoms with E-state index >= 15 is 0 Å². The standard InChI is InChI=1S/C17H18Cl3N3O3/c1-9(25-14-4-2-3-5-24-14)15-17(20)22-8-13(23-15)26-16-11(18)6-10(21)7-12(16)19/h6-9,14H,2-5,21H2,1H3. The molecular formula is C17H18Cl3N3O3. The molecule has 1 saturated heterocycles. The molecule has 0 amide bonds. The molecule has 3 rings (SSSR count). The summed E-state index contributed by atoms with van der Waals surface area (Å²) in [5.41, 5.74) is 6.58. The average molecular weight is 419 g/mol. The summed E-state index contributed by atoms with van der Waals surface area (Å²) in [5, 5.41) is 0.775. The van der Waals surface area contributed by atoms with Gasteiger partial charge in [-0.1, -0.05) is 34.8 Å². The van der Waals surface area contributed by atoms with Crippen LogP contribution in [-0.4, -0.2) is 22.9 Å². The average Bonchev–Trinajstić information content (AvgIpc) is 2.60. The first kappa shape index (κ1) is 19.5. The molecular weight excluding hydrogens is 401 g/mol. The van der Waals surface area contributed by atoms with E-state index in [1.165, 1.54) is 6.20 Å². The van der Waals surface area contributed by atoms with Gasteiger partial charge >= 0.3 is 0 Å². The predicted octanol–water partition coefficient (Wildman–Crippen LogP) is 5.42. The highest BCUT2D eigenvalue weighted by Gasteiger charge is 2.22. The van der Waals surface area contributed by atoms with Crippen molar-refractivity contribution in [1.29, 1.82) is 0 Å². The Bertz CT molecular complexity index is 762. The molecule has 0 bridgehead atoms. The van der Waals surface area contributed by atoms with Crippen molar-refractivity contribution in [1.82, 2.24) is 9.97 Å². The quantitative estimate of drug-likeness (QED) is 0.653. The second-order valence-corrected chi connectivity index (χ2v) is 7.05. The van der Waals surface area contributed by atoms with Crippen LogP contribution in [0.25, 0.3) is 0 Å². The van der Waals surface area contributed by atoms with Gasteiger partial charge in [0.2, 0.25) is 5.88 Å². The Labute approximate surface area is 166 Å². The lowest BCUT2D eigenvalue weighted by Crippen LogP contribution is -2.24. The van der Waals surface area contributed by atoms with E-state index in [9.17, 15) is 0 Å². The molecule has 140 valence electrons. The molecule has 1 fully saturated rings. The van der Waals surface area contributed by atoms with Crippen LogP contribution in [0.15, 0.2) is 18.3 Å². The molecule has 0 spiro atoms. The van der Waals surface area contributed by atoms with Crippen molar-refractivity contribution >= 4 is 40.5 Å². The van der Waals surface area contributed by atoms with Gasteiger partial charge in [0.25, 0.3) is 0 Å². The van der Waals surface area contributed by atoms with Gasteiger partial charge in [-0.2, -0.15) is 0 Å². The number of hydrogen-bond acceptors (Lipinski definition) is 6. The maximum absolute atomic E-state index is 6.18. The molecule has 6 nitrogen and oxygen atoms in total. The first-order valence-corrected chi connectivity index (χ1v) is 9.29. The third-order valence-corrected chi connectivity index (χ3v) is 4.69. The Balaban J connectivity index is 1.79. The molecule has 0 aliphatic carbocycles. The summed E-state index contributed by atoms with van der Waals surface area (Å²) in [5.74, 6) is 0.437. The number of halogens is 3. The van der Waals surface area contributed by atoms with Gasteiger partial charge in [-0.05, 0) is 38.3 Å². The summed E-state index contributed by atoms with van der Waals surface area (Å²) in [4.78, 5) is 8.50. The van der Waals surface area contributed by atoms with Gasteiger partial charge in [-0.3, -0.25) is 0 Å². The third kappa shape index (κ3) is 4.69. The van der Waals surface area contributed by atoms with Gasteiger partial charge in [0.1, 0.15) is 11.8 Å². The maximum atomic E-state index is 6.18. The van der Waals surface area contributed by atoms with Crippen LogP contribution in [0.1, 0.15) is 38.0 Å². The Hall–Kier alpha value is -1.31. The van der Waals surface area contributed by atoms with Crippen LogP contribution in [0.2, 0.25) is 15.2 Å². The highest BCUT2D eigenvalue weighted by Crippen LogP contribution is 2.38. The van der Waals surface area contributed by atoms with Crippen LogP contribution in [0.4, 0.5) is 5.69 Å². The highest BCUT2D eigenvalue weighted by molar-refractivity contribution is 6.37. The fraction of sp³-hybridized carbons (Fsp3) is 0.412. The normalized spacial score (nSPS) is 18.5. The molecule has 2 aromatic rings. The predicted molar refractivity (Wildman–Crippen MR) is 101 cm³/mol. The monoisotopic (exact) mass is 417 g/mol. The van der Waals surface area contributed by atoms with Crippen LogP contribution >= 0.6 is 34.8 Å². The highest BCUT2D eigenvalue weighted by atomic mass is 35.5. The Morgan fingerprint density at radius 3 is 2.62 bits per heavy atom. The molecule has 2 N–H and O–H groups in total. The number of ether oxygens (including phenoxy) is 3. The number of benzene rings is 1. The van der Waals surface area contributed by atoms with Gasteiger partial charge in [-0.15, -0.1) is 0 Å². The molecule has 1 aliphatic heterocycles. The molecule has 1 aliphatic rings. The Morgan fingerprint density at radius 2 is 1.96 bits per heavy atom. The minimum atomic E-state index is -0.418. The van der Waals surface area contributed by atoms with Crippen molar-refractivity contribution in [3.05, 3.63) is 39.2 Å². The number of anilines is 1. The topological polar surface area (TPSA) is 79.5 Å². The smallest absolute Gasteiger partial charge is 0.238 e. The fourth-order valence-corrected chi connectivity index (χ4v) is 3.40. The van der Waals surface area contributed by atoms with E-state index in [0.29, 0.717) is 18.0 Å². The largest absolute Gasteiger partial charge is 0.434 e. The summed E-state index contributed by atoms with van der Waals surface area (Å²) in [6.45, 7) is 2.52. The van der Waals surface area contributed by atoms with E-state index in [-0.39, 0.29) is 33.1 Å². The van der Waals surface area contributed by atoms with Crippen molar-refractivity contribution in [3.8, 4) is 11.6 Å². The van der Waals surface area contributed by atoms with Crippen LogP contribution in [0.3, 0.4) is 0 Å². The van der Waals surface area contributed by atoms with Crippen LogP contribution in [-0.2, 0) is 9.47 Å². The van der Waals surface area contributed by atoms with Crippen molar-refractivity contribution in [2.24, 2.45) is 0 Å². The first-order chi connectivity index (χ1) is 12.4. The minimum Gasteiger partial charge on any atom is -0.434 e. The number of nitrogens with two attached hydrogens (primary N) is 1. The zero-order valence-electron chi connectivity index (χ0n) is 14.0. The summed E-state index contributed by atoms with van der Waals surface area (Å²) in [6.07, 6.45) is 3.64. The van der Waals surface area contributed by atoms with E-state index in [0.717, 1.165) is 19.3 Å². The van der Waals surface area contributed by atoms with Gasteiger partial charge < -0.3 is 19.9 Å². The van der Waals surface area contributed by atoms with Gasteiger partial charge in [0.05, 0.1) is 16.2 Å². The maximum Gasteiger partial charge on any atom is 0.238 e. The number of nitrogens with zero attached hydrogens (tertiary/aromatic N) is 2. The number of aromatic nitrogens is 2. The van der Waals surface area contributed by atoms with Gasteiger partial charge in [0.15, 0.2) is 17.2 Å². The summed E-state index contributed by atoms with van der Waals surface area (Å²) in [7, 11) is 0. The Kier molecular flexibility index (Phi) is 6.42. The Morgan fingerprint density at radius 1 is 1.23 bits per heavy atom. The SMILES string of the molecule is CC(OC1CCCCO1)c1nc(Oc2c(Cl)cc(N)cc2Cl)cnc1Cl. The summed E-state index contributed by atoms with van der Waals surface area (Å²) in [6, 6.07) is 3.08. The molecule has 0 saturated carbocycles. The van der Waals surface area contributed by atoms with E-state index in [1.54, 1.807) is 12.1 Å². The van der Waals surface area contributed by atoms with Crippen LogP contribution < -0.4 is 10.5 Å². The zero-order valence-corrected chi connectivity index (χ0v) is 16.3. The van der Waals surface area contributed by atoms with Gasteiger partial charge in [-0.25, -0.2) is 9.97 Å². The molecule has 1 aromatic carbocycles. The van der Waals surface area contributed by atoms with Crippen molar-refractivity contribution in [2.75, 3.05) is 12.3 Å². The molecule has 9 heteroatoms. The fourth-order valence-electron chi connectivity index (χ4n) is 2.57. The molecule has 0 radical (unpaired) electrons. The number of rotatable bonds is 5.